The Labute approximate surface area is 149 Å². The number of nitrogens with one attached hydrogen (secondary N) is 1. The highest BCUT2D eigenvalue weighted by Crippen LogP contribution is 2.23. The van der Waals surface area contributed by atoms with Crippen molar-refractivity contribution in [3.8, 4) is 0 Å². The van der Waals surface area contributed by atoms with Crippen molar-refractivity contribution in [1.29, 1.82) is 0 Å². The van der Waals surface area contributed by atoms with Gasteiger partial charge in [0.05, 0.1) is 6.26 Å². The number of carbonyl (C=O) groups is 1. The summed E-state index contributed by atoms with van der Waals surface area (Å²) >= 11 is 5.81. The molecule has 0 aromatic heterocycles. The number of benzene rings is 1. The molecule has 7 heteroatoms. The van der Waals surface area contributed by atoms with Crippen LogP contribution < -0.4 is 5.32 Å². The van der Waals surface area contributed by atoms with Crippen molar-refractivity contribution in [1.82, 2.24) is 9.62 Å². The van der Waals surface area contributed by atoms with Crippen molar-refractivity contribution < 1.29 is 13.2 Å². The molecule has 1 N–H and O–H groups in total. The molecule has 1 aromatic carbocycles. The predicted octanol–water partition coefficient (Wildman–Crippen LogP) is 3.05. The number of hydrogen-bond donors (Lipinski definition) is 1. The number of rotatable bonds is 6. The van der Waals surface area contributed by atoms with E-state index in [2.05, 4.69) is 5.32 Å². The second-order valence-corrected chi connectivity index (χ2v) is 8.65. The molecule has 1 saturated carbocycles. The molecule has 0 saturated heterocycles. The fourth-order valence-corrected chi connectivity index (χ4v) is 4.45. The zero-order chi connectivity index (χ0) is 17.6. The highest BCUT2D eigenvalue weighted by Gasteiger charge is 2.27. The number of hydrogen-bond acceptors (Lipinski definition) is 3. The van der Waals surface area contributed by atoms with Crippen LogP contribution in [0, 0.1) is 0 Å². The minimum atomic E-state index is -3.28. The minimum absolute atomic E-state index is 0.0509. The van der Waals surface area contributed by atoms with Gasteiger partial charge in [-0.15, -0.1) is 0 Å². The van der Waals surface area contributed by atoms with Gasteiger partial charge in [0.1, 0.15) is 0 Å². The van der Waals surface area contributed by atoms with Gasteiger partial charge in [-0.1, -0.05) is 37.3 Å². The average Bonchev–Trinajstić information content (AvgIpc) is 2.79. The zero-order valence-electron chi connectivity index (χ0n) is 14.0. The minimum Gasteiger partial charge on any atom is -0.351 e. The SMILES string of the molecule is CS(=O)(=O)N(CCNC(=O)c1ccc(Cl)cc1)C1CCCCCC1. The third-order valence-electron chi connectivity index (χ3n) is 4.38. The van der Waals surface area contributed by atoms with Crippen LogP contribution in [0.3, 0.4) is 0 Å². The molecule has 0 unspecified atom stereocenters. The van der Waals surface area contributed by atoms with Crippen LogP contribution in [0.2, 0.25) is 5.02 Å². The van der Waals surface area contributed by atoms with E-state index in [1.807, 2.05) is 0 Å². The van der Waals surface area contributed by atoms with Gasteiger partial charge in [0.25, 0.3) is 5.91 Å². The van der Waals surface area contributed by atoms with Gasteiger partial charge in [0.2, 0.25) is 10.0 Å². The molecule has 0 heterocycles. The van der Waals surface area contributed by atoms with Crippen LogP contribution >= 0.6 is 11.6 Å². The molecule has 0 atom stereocenters. The third-order valence-corrected chi connectivity index (χ3v) is 5.97. The lowest BCUT2D eigenvalue weighted by Crippen LogP contribution is -2.44. The lowest BCUT2D eigenvalue weighted by atomic mass is 10.1. The molecule has 134 valence electrons. The Kier molecular flexibility index (Phi) is 7.07. The first-order chi connectivity index (χ1) is 11.4. The summed E-state index contributed by atoms with van der Waals surface area (Å²) in [6.07, 6.45) is 7.51. The Balaban J connectivity index is 1.93. The summed E-state index contributed by atoms with van der Waals surface area (Å²) in [5.74, 6) is -0.221. The van der Waals surface area contributed by atoms with E-state index in [1.165, 1.54) is 19.1 Å². The normalized spacial score (nSPS) is 16.8. The zero-order valence-corrected chi connectivity index (χ0v) is 15.6. The number of sulfonamides is 1. The second-order valence-electron chi connectivity index (χ2n) is 6.28. The number of carbonyl (C=O) groups excluding carboxylic acids is 1. The molecular weight excluding hydrogens is 348 g/mol. The van der Waals surface area contributed by atoms with E-state index < -0.39 is 10.0 Å². The quantitative estimate of drug-likeness (QED) is 0.780. The van der Waals surface area contributed by atoms with E-state index in [0.717, 1.165) is 25.7 Å². The van der Waals surface area contributed by atoms with Gasteiger partial charge in [-0.2, -0.15) is 4.31 Å². The van der Waals surface area contributed by atoms with E-state index in [9.17, 15) is 13.2 Å². The number of nitrogens with zero attached hydrogens (tertiary/aromatic N) is 1. The van der Waals surface area contributed by atoms with Gasteiger partial charge < -0.3 is 5.32 Å². The summed E-state index contributed by atoms with van der Waals surface area (Å²) in [6, 6.07) is 6.67. The van der Waals surface area contributed by atoms with E-state index in [-0.39, 0.29) is 11.9 Å². The molecule has 0 aliphatic heterocycles. The second kappa shape index (κ2) is 8.83. The van der Waals surface area contributed by atoms with Crippen LogP contribution in [-0.2, 0) is 10.0 Å². The maximum absolute atomic E-state index is 12.1. The first-order valence-corrected chi connectivity index (χ1v) is 10.6. The Hall–Kier alpha value is -1.11. The van der Waals surface area contributed by atoms with Gasteiger partial charge >= 0.3 is 0 Å². The lowest BCUT2D eigenvalue weighted by Gasteiger charge is -2.29. The summed E-state index contributed by atoms with van der Waals surface area (Å²) < 4.78 is 25.8. The molecule has 0 bridgehead atoms. The Morgan fingerprint density at radius 1 is 1.17 bits per heavy atom. The van der Waals surface area contributed by atoms with Crippen molar-refractivity contribution in [3.63, 3.8) is 0 Å². The summed E-state index contributed by atoms with van der Waals surface area (Å²) in [4.78, 5) is 12.1. The molecule has 1 aromatic rings. The smallest absolute Gasteiger partial charge is 0.251 e. The van der Waals surface area contributed by atoms with E-state index in [0.29, 0.717) is 23.7 Å². The Morgan fingerprint density at radius 3 is 2.29 bits per heavy atom. The standard InChI is InChI=1S/C17H25ClN2O3S/c1-24(22,23)20(16-6-4-2-3-5-7-16)13-12-19-17(21)14-8-10-15(18)11-9-14/h8-11,16H,2-7,12-13H2,1H3,(H,19,21). The molecule has 1 fully saturated rings. The summed E-state index contributed by atoms with van der Waals surface area (Å²) in [5, 5.41) is 3.36. The predicted molar refractivity (Wildman–Crippen MR) is 96.8 cm³/mol. The average molecular weight is 373 g/mol. The fraction of sp³-hybridized carbons (Fsp3) is 0.588. The molecule has 5 nitrogen and oxygen atoms in total. The molecule has 2 rings (SSSR count). The van der Waals surface area contributed by atoms with Crippen molar-refractivity contribution in [2.24, 2.45) is 0 Å². The molecule has 1 aliphatic carbocycles. The maximum atomic E-state index is 12.1. The van der Waals surface area contributed by atoms with Gasteiger partial charge in [-0.05, 0) is 37.1 Å². The van der Waals surface area contributed by atoms with Crippen molar-refractivity contribution in [2.75, 3.05) is 19.3 Å². The lowest BCUT2D eigenvalue weighted by molar-refractivity contribution is 0.0950. The van der Waals surface area contributed by atoms with Crippen molar-refractivity contribution in [2.45, 2.75) is 44.6 Å². The van der Waals surface area contributed by atoms with Crippen LogP contribution in [0.15, 0.2) is 24.3 Å². The molecule has 0 spiro atoms. The van der Waals surface area contributed by atoms with Crippen molar-refractivity contribution in [3.05, 3.63) is 34.9 Å². The van der Waals surface area contributed by atoms with Crippen LogP contribution in [0.25, 0.3) is 0 Å². The molecular formula is C17H25ClN2O3S. The topological polar surface area (TPSA) is 66.5 Å². The Morgan fingerprint density at radius 2 is 1.75 bits per heavy atom. The molecule has 24 heavy (non-hydrogen) atoms. The summed E-state index contributed by atoms with van der Waals surface area (Å²) in [6.45, 7) is 0.605. The highest BCUT2D eigenvalue weighted by molar-refractivity contribution is 7.88. The molecule has 0 radical (unpaired) electrons. The van der Waals surface area contributed by atoms with Crippen LogP contribution in [0.5, 0.6) is 0 Å². The highest BCUT2D eigenvalue weighted by atomic mass is 35.5. The summed E-state index contributed by atoms with van der Waals surface area (Å²) in [7, 11) is -3.28. The number of amides is 1. The van der Waals surface area contributed by atoms with Gasteiger partial charge in [0.15, 0.2) is 0 Å². The largest absolute Gasteiger partial charge is 0.351 e. The first-order valence-electron chi connectivity index (χ1n) is 8.38. The molecule has 1 amide bonds. The monoisotopic (exact) mass is 372 g/mol. The van der Waals surface area contributed by atoms with Crippen molar-refractivity contribution >= 4 is 27.5 Å². The fourth-order valence-electron chi connectivity index (χ4n) is 3.15. The van der Waals surface area contributed by atoms with Gasteiger partial charge in [-0.25, -0.2) is 8.42 Å². The van der Waals surface area contributed by atoms with Crippen LogP contribution in [-0.4, -0.2) is 44.0 Å². The van der Waals surface area contributed by atoms with E-state index in [1.54, 1.807) is 28.6 Å². The summed E-state index contributed by atoms with van der Waals surface area (Å²) in [5.41, 5.74) is 0.514. The van der Waals surface area contributed by atoms with E-state index in [4.69, 9.17) is 11.6 Å². The van der Waals surface area contributed by atoms with E-state index >= 15 is 0 Å². The van der Waals surface area contributed by atoms with Crippen LogP contribution in [0.4, 0.5) is 0 Å². The van der Waals surface area contributed by atoms with Gasteiger partial charge in [0, 0.05) is 29.7 Å². The third kappa shape index (κ3) is 5.76. The Bertz CT molecular complexity index is 638. The first kappa shape index (κ1) is 19.2. The molecule has 1 aliphatic rings. The maximum Gasteiger partial charge on any atom is 0.251 e. The van der Waals surface area contributed by atoms with Crippen LogP contribution in [0.1, 0.15) is 48.9 Å². The van der Waals surface area contributed by atoms with Gasteiger partial charge in [-0.3, -0.25) is 4.79 Å². The number of halogens is 1.